The number of likely N-dealkylation sites (tertiary alicyclic amines) is 1. The highest BCUT2D eigenvalue weighted by Gasteiger charge is 2.34. The second-order valence-electron chi connectivity index (χ2n) is 5.28. The minimum absolute atomic E-state index is 0.00958. The van der Waals surface area contributed by atoms with E-state index in [1.54, 1.807) is 0 Å². The third-order valence-corrected chi connectivity index (χ3v) is 6.74. The van der Waals surface area contributed by atoms with Crippen LogP contribution in [0.5, 0.6) is 0 Å². The molecule has 110 valence electrons. The van der Waals surface area contributed by atoms with Crippen LogP contribution in [0, 0.1) is 0 Å². The molecule has 2 heterocycles. The molecule has 0 bridgehead atoms. The molecular formula is C12H15ClN2O3S2. The largest absolute Gasteiger partial charge is 0.348 e. The van der Waals surface area contributed by atoms with E-state index < -0.39 is 9.05 Å². The topological polar surface area (TPSA) is 66.5 Å². The standard InChI is InChI=1S/C12H15ClN2O3S2/c13-20(17,18)11-5-8(7-19-11)12(16)14-9-3-4-15(6-9)10-1-2-10/h5,7,9-10H,1-4,6H2,(H,14,16). The van der Waals surface area contributed by atoms with Crippen molar-refractivity contribution in [3.63, 3.8) is 0 Å². The van der Waals surface area contributed by atoms with Gasteiger partial charge in [0.05, 0.1) is 5.56 Å². The fraction of sp³-hybridized carbons (Fsp3) is 0.583. The number of carbonyl (C=O) groups excluding carboxylic acids is 1. The Bertz CT molecular complexity index is 624. The number of amides is 1. The molecule has 1 aromatic heterocycles. The zero-order valence-electron chi connectivity index (χ0n) is 10.7. The summed E-state index contributed by atoms with van der Waals surface area (Å²) in [6.45, 7) is 1.92. The second kappa shape index (κ2) is 5.29. The van der Waals surface area contributed by atoms with E-state index in [9.17, 15) is 13.2 Å². The minimum Gasteiger partial charge on any atom is -0.348 e. The summed E-state index contributed by atoms with van der Waals surface area (Å²) in [6, 6.07) is 2.20. The molecule has 0 radical (unpaired) electrons. The molecule has 2 aliphatic rings. The molecule has 1 amide bonds. The zero-order valence-corrected chi connectivity index (χ0v) is 13.1. The van der Waals surface area contributed by atoms with Crippen LogP contribution in [0.15, 0.2) is 15.7 Å². The summed E-state index contributed by atoms with van der Waals surface area (Å²) in [5.74, 6) is -0.226. The molecule has 1 saturated carbocycles. The van der Waals surface area contributed by atoms with Crippen LogP contribution in [0.3, 0.4) is 0 Å². The fourth-order valence-electron chi connectivity index (χ4n) is 2.51. The van der Waals surface area contributed by atoms with Crippen molar-refractivity contribution in [2.75, 3.05) is 13.1 Å². The first-order valence-electron chi connectivity index (χ1n) is 6.51. The average molecular weight is 335 g/mol. The molecule has 1 atom stereocenters. The van der Waals surface area contributed by atoms with E-state index in [0.29, 0.717) is 11.6 Å². The van der Waals surface area contributed by atoms with Gasteiger partial charge >= 0.3 is 0 Å². The van der Waals surface area contributed by atoms with E-state index in [-0.39, 0.29) is 16.2 Å². The monoisotopic (exact) mass is 334 g/mol. The molecule has 3 rings (SSSR count). The Kier molecular flexibility index (Phi) is 3.79. The summed E-state index contributed by atoms with van der Waals surface area (Å²) in [5, 5.41) is 4.49. The lowest BCUT2D eigenvalue weighted by Gasteiger charge is -2.15. The van der Waals surface area contributed by atoms with Gasteiger partial charge in [0.15, 0.2) is 0 Å². The lowest BCUT2D eigenvalue weighted by molar-refractivity contribution is 0.0938. The Morgan fingerprint density at radius 2 is 2.15 bits per heavy atom. The Balaban J connectivity index is 1.60. The number of hydrogen-bond acceptors (Lipinski definition) is 5. The smallest absolute Gasteiger partial charge is 0.270 e. The maximum absolute atomic E-state index is 12.1. The Morgan fingerprint density at radius 1 is 1.40 bits per heavy atom. The van der Waals surface area contributed by atoms with Gasteiger partial charge in [-0.25, -0.2) is 8.42 Å². The van der Waals surface area contributed by atoms with Crippen molar-refractivity contribution in [1.29, 1.82) is 0 Å². The fourth-order valence-corrected chi connectivity index (χ4v) is 4.45. The van der Waals surface area contributed by atoms with Crippen molar-refractivity contribution in [3.8, 4) is 0 Å². The first-order valence-corrected chi connectivity index (χ1v) is 9.70. The summed E-state index contributed by atoms with van der Waals surface area (Å²) < 4.78 is 22.4. The highest BCUT2D eigenvalue weighted by molar-refractivity contribution is 8.15. The van der Waals surface area contributed by atoms with Crippen LogP contribution in [0.25, 0.3) is 0 Å². The molecule has 0 spiro atoms. The van der Waals surface area contributed by atoms with Gasteiger partial charge in [-0.15, -0.1) is 11.3 Å². The summed E-state index contributed by atoms with van der Waals surface area (Å²) in [6.07, 6.45) is 3.48. The number of halogens is 1. The van der Waals surface area contributed by atoms with Gasteiger partial charge in [0.25, 0.3) is 15.0 Å². The van der Waals surface area contributed by atoms with Crippen molar-refractivity contribution in [3.05, 3.63) is 17.0 Å². The number of thiophene rings is 1. The molecular weight excluding hydrogens is 320 g/mol. The number of carbonyl (C=O) groups is 1. The quantitative estimate of drug-likeness (QED) is 0.850. The zero-order chi connectivity index (χ0) is 14.3. The lowest BCUT2D eigenvalue weighted by Crippen LogP contribution is -2.37. The number of nitrogens with zero attached hydrogens (tertiary/aromatic N) is 1. The Morgan fingerprint density at radius 3 is 2.75 bits per heavy atom. The molecule has 2 fully saturated rings. The molecule has 1 aliphatic carbocycles. The van der Waals surface area contributed by atoms with E-state index in [1.165, 1.54) is 24.3 Å². The van der Waals surface area contributed by atoms with Crippen LogP contribution in [-0.2, 0) is 9.05 Å². The molecule has 1 saturated heterocycles. The van der Waals surface area contributed by atoms with Gasteiger partial charge < -0.3 is 5.32 Å². The lowest BCUT2D eigenvalue weighted by atomic mass is 10.2. The Labute approximate surface area is 126 Å². The Hall–Kier alpha value is -0.630. The van der Waals surface area contributed by atoms with Crippen LogP contribution in [-0.4, -0.2) is 44.4 Å². The minimum atomic E-state index is -3.75. The summed E-state index contributed by atoms with van der Waals surface area (Å²) in [7, 11) is 1.50. The van der Waals surface area contributed by atoms with Crippen molar-refractivity contribution >= 4 is 37.0 Å². The maximum Gasteiger partial charge on any atom is 0.270 e. The third kappa shape index (κ3) is 3.16. The molecule has 1 unspecified atom stereocenters. The molecule has 20 heavy (non-hydrogen) atoms. The summed E-state index contributed by atoms with van der Waals surface area (Å²) >= 11 is 0.967. The third-order valence-electron chi connectivity index (χ3n) is 3.70. The van der Waals surface area contributed by atoms with Crippen LogP contribution < -0.4 is 5.32 Å². The normalized spacial score (nSPS) is 23.9. The molecule has 1 aliphatic heterocycles. The van der Waals surface area contributed by atoms with Gasteiger partial charge in [0.1, 0.15) is 4.21 Å². The highest BCUT2D eigenvalue weighted by Crippen LogP contribution is 2.30. The van der Waals surface area contributed by atoms with Crippen LogP contribution in [0.1, 0.15) is 29.6 Å². The molecule has 5 nitrogen and oxygen atoms in total. The summed E-state index contributed by atoms with van der Waals surface area (Å²) in [4.78, 5) is 14.5. The van der Waals surface area contributed by atoms with E-state index in [4.69, 9.17) is 10.7 Å². The number of nitrogens with one attached hydrogen (secondary N) is 1. The summed E-state index contributed by atoms with van der Waals surface area (Å²) in [5.41, 5.74) is 0.360. The molecule has 8 heteroatoms. The van der Waals surface area contributed by atoms with Crippen molar-refractivity contribution in [2.24, 2.45) is 0 Å². The number of hydrogen-bond donors (Lipinski definition) is 1. The first kappa shape index (κ1) is 14.3. The highest BCUT2D eigenvalue weighted by atomic mass is 35.7. The van der Waals surface area contributed by atoms with Gasteiger partial charge in [-0.3, -0.25) is 9.69 Å². The van der Waals surface area contributed by atoms with Crippen LogP contribution in [0.2, 0.25) is 0 Å². The van der Waals surface area contributed by atoms with Gasteiger partial charge in [0.2, 0.25) is 0 Å². The van der Waals surface area contributed by atoms with Gasteiger partial charge in [-0.05, 0) is 25.3 Å². The SMILES string of the molecule is O=C(NC1CCN(C2CC2)C1)c1csc(S(=O)(=O)Cl)c1. The van der Waals surface area contributed by atoms with Gasteiger partial charge in [-0.1, -0.05) is 0 Å². The van der Waals surface area contributed by atoms with E-state index in [1.807, 2.05) is 0 Å². The molecule has 1 aromatic rings. The first-order chi connectivity index (χ1) is 9.43. The average Bonchev–Trinajstić information content (AvgIpc) is 2.91. The predicted molar refractivity (Wildman–Crippen MR) is 77.8 cm³/mol. The molecule has 1 N–H and O–H groups in total. The van der Waals surface area contributed by atoms with Crippen molar-refractivity contribution in [1.82, 2.24) is 10.2 Å². The molecule has 0 aromatic carbocycles. The van der Waals surface area contributed by atoms with Gasteiger partial charge in [-0.2, -0.15) is 0 Å². The van der Waals surface area contributed by atoms with Crippen LogP contribution >= 0.6 is 22.0 Å². The second-order valence-corrected chi connectivity index (χ2v) is 8.98. The van der Waals surface area contributed by atoms with E-state index in [0.717, 1.165) is 30.8 Å². The van der Waals surface area contributed by atoms with E-state index in [2.05, 4.69) is 10.2 Å². The van der Waals surface area contributed by atoms with Crippen molar-refractivity contribution in [2.45, 2.75) is 35.6 Å². The van der Waals surface area contributed by atoms with Crippen LogP contribution in [0.4, 0.5) is 0 Å². The maximum atomic E-state index is 12.1. The predicted octanol–water partition coefficient (Wildman–Crippen LogP) is 1.64. The van der Waals surface area contributed by atoms with Gasteiger partial charge in [0, 0.05) is 41.2 Å². The van der Waals surface area contributed by atoms with Crippen molar-refractivity contribution < 1.29 is 13.2 Å². The number of rotatable bonds is 4. The van der Waals surface area contributed by atoms with E-state index >= 15 is 0 Å².